The lowest BCUT2D eigenvalue weighted by Crippen LogP contribution is -2.42. The first-order chi connectivity index (χ1) is 10.1. The Kier molecular flexibility index (Phi) is 5.87. The molecule has 2 atom stereocenters. The first kappa shape index (κ1) is 15.6. The maximum absolute atomic E-state index is 11.7. The second-order valence-electron chi connectivity index (χ2n) is 5.57. The van der Waals surface area contributed by atoms with Gasteiger partial charge in [0.25, 0.3) is 0 Å². The number of ether oxygens (including phenoxy) is 2. The van der Waals surface area contributed by atoms with Gasteiger partial charge in [0, 0.05) is 19.1 Å². The molecule has 116 valence electrons. The highest BCUT2D eigenvalue weighted by atomic mass is 16.5. The fourth-order valence-corrected chi connectivity index (χ4v) is 2.24. The van der Waals surface area contributed by atoms with Crippen LogP contribution in [0.5, 0.6) is 5.75 Å². The molecule has 0 aliphatic carbocycles. The van der Waals surface area contributed by atoms with Crippen molar-refractivity contribution in [3.05, 3.63) is 29.8 Å². The van der Waals surface area contributed by atoms with Gasteiger partial charge in [0.1, 0.15) is 11.9 Å². The Morgan fingerprint density at radius 2 is 2.33 bits per heavy atom. The highest BCUT2D eigenvalue weighted by Crippen LogP contribution is 2.14. The number of nitrogens with one attached hydrogen (secondary N) is 2. The fourth-order valence-electron chi connectivity index (χ4n) is 2.24. The third-order valence-corrected chi connectivity index (χ3v) is 3.45. The molecule has 0 radical (unpaired) electrons. The minimum atomic E-state index is -0.151. The number of carbonyl (C=O) groups excluding carboxylic acids is 1. The number of amides is 2. The van der Waals surface area contributed by atoms with Crippen LogP contribution in [0.4, 0.5) is 4.79 Å². The van der Waals surface area contributed by atoms with Crippen LogP contribution in [0, 0.1) is 12.8 Å². The molecule has 2 N–H and O–H groups in total. The van der Waals surface area contributed by atoms with Gasteiger partial charge in [-0.1, -0.05) is 12.1 Å². The van der Waals surface area contributed by atoms with Crippen LogP contribution in [0.25, 0.3) is 0 Å². The molecule has 0 aromatic heterocycles. The molecule has 0 unspecified atom stereocenters. The van der Waals surface area contributed by atoms with Gasteiger partial charge in [-0.05, 0) is 38.0 Å². The lowest BCUT2D eigenvalue weighted by molar-refractivity contribution is 0.184. The highest BCUT2D eigenvalue weighted by Gasteiger charge is 2.16. The second kappa shape index (κ2) is 7.88. The standard InChI is InChI=1S/C16H24N2O3/c1-12-4-3-5-15(8-12)21-13(2)9-17-16(19)18-10-14-6-7-20-11-14/h3-5,8,13-14H,6-7,9-11H2,1-2H3,(H2,17,18,19)/t13-,14+/m1/s1. The number of urea groups is 1. The van der Waals surface area contributed by atoms with Crippen molar-refractivity contribution in [2.45, 2.75) is 26.4 Å². The SMILES string of the molecule is Cc1cccc(O[C@H](C)CNC(=O)NC[C@@H]2CCOC2)c1. The molecular weight excluding hydrogens is 268 g/mol. The Balaban J connectivity index is 1.63. The van der Waals surface area contributed by atoms with E-state index < -0.39 is 0 Å². The molecule has 1 aromatic rings. The predicted octanol–water partition coefficient (Wildman–Crippen LogP) is 2.10. The van der Waals surface area contributed by atoms with Crippen molar-refractivity contribution >= 4 is 6.03 Å². The molecule has 1 aliphatic rings. The van der Waals surface area contributed by atoms with Crippen molar-refractivity contribution in [2.75, 3.05) is 26.3 Å². The molecule has 1 aliphatic heterocycles. The maximum atomic E-state index is 11.7. The predicted molar refractivity (Wildman–Crippen MR) is 81.6 cm³/mol. The van der Waals surface area contributed by atoms with Crippen LogP contribution in [0.15, 0.2) is 24.3 Å². The number of aryl methyl sites for hydroxylation is 1. The molecule has 0 bridgehead atoms. The van der Waals surface area contributed by atoms with Crippen LogP contribution in [-0.4, -0.2) is 38.4 Å². The zero-order valence-electron chi connectivity index (χ0n) is 12.7. The Morgan fingerprint density at radius 1 is 1.48 bits per heavy atom. The zero-order valence-corrected chi connectivity index (χ0v) is 12.7. The van der Waals surface area contributed by atoms with Gasteiger partial charge in [0.15, 0.2) is 0 Å². The van der Waals surface area contributed by atoms with Gasteiger partial charge in [0.05, 0.1) is 13.2 Å². The van der Waals surface area contributed by atoms with E-state index in [2.05, 4.69) is 10.6 Å². The van der Waals surface area contributed by atoms with Crippen molar-refractivity contribution in [3.8, 4) is 5.75 Å². The van der Waals surface area contributed by atoms with E-state index in [-0.39, 0.29) is 12.1 Å². The molecule has 2 amide bonds. The quantitative estimate of drug-likeness (QED) is 0.844. The largest absolute Gasteiger partial charge is 0.489 e. The minimum Gasteiger partial charge on any atom is -0.489 e. The Labute approximate surface area is 126 Å². The minimum absolute atomic E-state index is 0.0765. The van der Waals surface area contributed by atoms with Crippen molar-refractivity contribution in [3.63, 3.8) is 0 Å². The van der Waals surface area contributed by atoms with Crippen LogP contribution >= 0.6 is 0 Å². The number of benzene rings is 1. The summed E-state index contributed by atoms with van der Waals surface area (Å²) in [5, 5.41) is 5.69. The second-order valence-corrected chi connectivity index (χ2v) is 5.57. The molecule has 0 spiro atoms. The van der Waals surface area contributed by atoms with E-state index in [0.29, 0.717) is 19.0 Å². The third-order valence-electron chi connectivity index (χ3n) is 3.45. The van der Waals surface area contributed by atoms with Crippen molar-refractivity contribution in [2.24, 2.45) is 5.92 Å². The van der Waals surface area contributed by atoms with Crippen molar-refractivity contribution < 1.29 is 14.3 Å². The fraction of sp³-hybridized carbons (Fsp3) is 0.562. The molecule has 2 rings (SSSR count). The summed E-state index contributed by atoms with van der Waals surface area (Å²) in [6, 6.07) is 7.74. The summed E-state index contributed by atoms with van der Waals surface area (Å²) in [6.07, 6.45) is 0.944. The first-order valence-electron chi connectivity index (χ1n) is 7.46. The molecule has 5 heteroatoms. The van der Waals surface area contributed by atoms with Gasteiger partial charge in [-0.25, -0.2) is 4.79 Å². The zero-order chi connectivity index (χ0) is 15.1. The number of hydrogen-bond acceptors (Lipinski definition) is 3. The molecule has 5 nitrogen and oxygen atoms in total. The van der Waals surface area contributed by atoms with E-state index in [1.165, 1.54) is 0 Å². The van der Waals surface area contributed by atoms with E-state index in [9.17, 15) is 4.79 Å². The van der Waals surface area contributed by atoms with Gasteiger partial charge < -0.3 is 20.1 Å². The van der Waals surface area contributed by atoms with Gasteiger partial charge in [-0.2, -0.15) is 0 Å². The highest BCUT2D eigenvalue weighted by molar-refractivity contribution is 5.73. The molecule has 1 fully saturated rings. The Bertz CT molecular complexity index is 459. The van der Waals surface area contributed by atoms with E-state index in [4.69, 9.17) is 9.47 Å². The van der Waals surface area contributed by atoms with E-state index >= 15 is 0 Å². The van der Waals surface area contributed by atoms with Crippen LogP contribution in [0.1, 0.15) is 18.9 Å². The molecule has 1 aromatic carbocycles. The Hall–Kier alpha value is -1.75. The van der Waals surface area contributed by atoms with Gasteiger partial charge in [-0.15, -0.1) is 0 Å². The summed E-state index contributed by atoms with van der Waals surface area (Å²) < 4.78 is 11.0. The van der Waals surface area contributed by atoms with Gasteiger partial charge in [0.2, 0.25) is 0 Å². The number of hydrogen-bond donors (Lipinski definition) is 2. The van der Waals surface area contributed by atoms with E-state index in [0.717, 1.165) is 30.9 Å². The summed E-state index contributed by atoms with van der Waals surface area (Å²) in [7, 11) is 0. The number of carbonyl (C=O) groups is 1. The molecule has 0 saturated carbocycles. The summed E-state index contributed by atoms with van der Waals surface area (Å²) in [4.78, 5) is 11.7. The lowest BCUT2D eigenvalue weighted by atomic mass is 10.1. The van der Waals surface area contributed by atoms with Crippen LogP contribution in [0.3, 0.4) is 0 Å². The Morgan fingerprint density at radius 3 is 3.05 bits per heavy atom. The molecule has 21 heavy (non-hydrogen) atoms. The van der Waals surface area contributed by atoms with Crippen LogP contribution in [-0.2, 0) is 4.74 Å². The van der Waals surface area contributed by atoms with Crippen molar-refractivity contribution in [1.29, 1.82) is 0 Å². The van der Waals surface area contributed by atoms with Crippen LogP contribution < -0.4 is 15.4 Å². The van der Waals surface area contributed by atoms with Crippen molar-refractivity contribution in [1.82, 2.24) is 10.6 Å². The molecule has 1 heterocycles. The molecule has 1 saturated heterocycles. The molecular formula is C16H24N2O3. The first-order valence-corrected chi connectivity index (χ1v) is 7.46. The monoisotopic (exact) mass is 292 g/mol. The number of rotatable bonds is 6. The maximum Gasteiger partial charge on any atom is 0.314 e. The third kappa shape index (κ3) is 5.63. The summed E-state index contributed by atoms with van der Waals surface area (Å²) in [5.74, 6) is 1.27. The topological polar surface area (TPSA) is 59.6 Å². The van der Waals surface area contributed by atoms with E-state index in [1.54, 1.807) is 0 Å². The average Bonchev–Trinajstić information content (AvgIpc) is 2.96. The smallest absolute Gasteiger partial charge is 0.314 e. The average molecular weight is 292 g/mol. The van der Waals surface area contributed by atoms with Gasteiger partial charge in [-0.3, -0.25) is 0 Å². The summed E-state index contributed by atoms with van der Waals surface area (Å²) >= 11 is 0. The van der Waals surface area contributed by atoms with Crippen LogP contribution in [0.2, 0.25) is 0 Å². The normalized spacial score (nSPS) is 19.0. The summed E-state index contributed by atoms with van der Waals surface area (Å²) in [6.45, 7) is 6.64. The summed E-state index contributed by atoms with van der Waals surface area (Å²) in [5.41, 5.74) is 1.16. The lowest BCUT2D eigenvalue weighted by Gasteiger charge is -2.16. The van der Waals surface area contributed by atoms with Gasteiger partial charge >= 0.3 is 6.03 Å². The van der Waals surface area contributed by atoms with E-state index in [1.807, 2.05) is 38.1 Å².